The van der Waals surface area contributed by atoms with E-state index in [-0.39, 0.29) is 34.1 Å². The number of nitrogens with zero attached hydrogens (tertiary/aromatic N) is 1. The first-order valence-electron chi connectivity index (χ1n) is 9.81. The lowest BCUT2D eigenvalue weighted by atomic mass is 9.89. The maximum atomic E-state index is 12.5. The molecule has 1 fully saturated rings. The third kappa shape index (κ3) is 6.34. The van der Waals surface area contributed by atoms with Gasteiger partial charge in [-0.3, -0.25) is 19.9 Å². The highest BCUT2D eigenvalue weighted by atomic mass is 32.2. The van der Waals surface area contributed by atoms with Crippen LogP contribution in [0, 0.1) is 5.41 Å². The summed E-state index contributed by atoms with van der Waals surface area (Å²) in [4.78, 5) is 28.4. The second kappa shape index (κ2) is 10.00. The van der Waals surface area contributed by atoms with E-state index in [0.29, 0.717) is 23.0 Å². The lowest BCUT2D eigenvalue weighted by Gasteiger charge is -2.25. The highest BCUT2D eigenvalue weighted by Gasteiger charge is 2.34. The van der Waals surface area contributed by atoms with E-state index in [1.54, 1.807) is 47.8 Å². The number of rotatable bonds is 6. The summed E-state index contributed by atoms with van der Waals surface area (Å²) >= 11 is 3.34. The monoisotopic (exact) mass is 448 g/mol. The fourth-order valence-corrected chi connectivity index (χ4v) is 5.20. The molecular weight excluding hydrogens is 420 g/mol. The van der Waals surface area contributed by atoms with Crippen LogP contribution in [0.2, 0.25) is 0 Å². The van der Waals surface area contributed by atoms with E-state index in [0.717, 1.165) is 12.3 Å². The van der Waals surface area contributed by atoms with Gasteiger partial charge in [0.2, 0.25) is 5.91 Å². The average molecular weight is 449 g/mol. The molecule has 2 heterocycles. The van der Waals surface area contributed by atoms with Gasteiger partial charge < -0.3 is 15.4 Å². The summed E-state index contributed by atoms with van der Waals surface area (Å²) in [7, 11) is 0. The van der Waals surface area contributed by atoms with Crippen molar-refractivity contribution in [1.82, 2.24) is 10.6 Å². The Kier molecular flexibility index (Phi) is 7.62. The molecule has 0 aliphatic carbocycles. The molecule has 0 spiro atoms. The second-order valence-electron chi connectivity index (χ2n) is 8.14. The predicted molar refractivity (Wildman–Crippen MR) is 125 cm³/mol. The Morgan fingerprint density at radius 3 is 2.90 bits per heavy atom. The van der Waals surface area contributed by atoms with Crippen molar-refractivity contribution in [3.8, 4) is 0 Å². The van der Waals surface area contributed by atoms with Gasteiger partial charge in [0.05, 0.1) is 17.2 Å². The molecule has 9 heteroatoms. The Bertz CT molecular complexity index is 838. The molecule has 1 saturated heterocycles. The summed E-state index contributed by atoms with van der Waals surface area (Å²) in [6.45, 7) is 11.5. The SMILES string of the molecule is C=CC(=O)Nc1cccc(C(=O)NC2=NCC(SCC3NCC(C(C)(C)C)O3)S2)c1. The predicted octanol–water partition coefficient (Wildman–Crippen LogP) is 3.06. The number of carbonyl (C=O) groups excluding carboxylic acids is 2. The molecule has 3 unspecified atom stereocenters. The first-order valence-corrected chi connectivity index (χ1v) is 11.7. The Morgan fingerprint density at radius 1 is 1.40 bits per heavy atom. The molecule has 3 N–H and O–H groups in total. The molecule has 2 aliphatic rings. The fraction of sp³-hybridized carbons (Fsp3) is 0.476. The molecule has 3 rings (SSSR count). The van der Waals surface area contributed by atoms with E-state index < -0.39 is 0 Å². The minimum absolute atomic E-state index is 0.0481. The van der Waals surface area contributed by atoms with E-state index in [1.807, 2.05) is 0 Å². The van der Waals surface area contributed by atoms with Crippen molar-refractivity contribution < 1.29 is 14.3 Å². The van der Waals surface area contributed by atoms with Crippen LogP contribution in [0.1, 0.15) is 31.1 Å². The Labute approximate surface area is 185 Å². The van der Waals surface area contributed by atoms with Crippen LogP contribution in [0.15, 0.2) is 41.9 Å². The van der Waals surface area contributed by atoms with Crippen molar-refractivity contribution in [3.63, 3.8) is 0 Å². The van der Waals surface area contributed by atoms with Crippen molar-refractivity contribution in [2.45, 2.75) is 37.7 Å². The molecule has 2 aliphatic heterocycles. The fourth-order valence-electron chi connectivity index (χ4n) is 2.95. The first-order chi connectivity index (χ1) is 14.2. The van der Waals surface area contributed by atoms with Gasteiger partial charge in [0.1, 0.15) is 6.23 Å². The van der Waals surface area contributed by atoms with Crippen LogP contribution in [0.5, 0.6) is 0 Å². The lowest BCUT2D eigenvalue weighted by molar-refractivity contribution is -0.111. The molecule has 30 heavy (non-hydrogen) atoms. The lowest BCUT2D eigenvalue weighted by Crippen LogP contribution is -2.29. The number of ether oxygens (including phenoxy) is 1. The van der Waals surface area contributed by atoms with E-state index in [4.69, 9.17) is 4.74 Å². The third-order valence-electron chi connectivity index (χ3n) is 4.68. The van der Waals surface area contributed by atoms with Crippen LogP contribution >= 0.6 is 23.5 Å². The Balaban J connectivity index is 1.44. The molecule has 1 aromatic carbocycles. The van der Waals surface area contributed by atoms with Gasteiger partial charge in [0.25, 0.3) is 5.91 Å². The number of aliphatic imine (C=N–C) groups is 1. The number of hydrogen-bond donors (Lipinski definition) is 3. The number of thioether (sulfide) groups is 2. The molecule has 0 bridgehead atoms. The van der Waals surface area contributed by atoms with Crippen LogP contribution in [0.25, 0.3) is 0 Å². The zero-order chi connectivity index (χ0) is 21.7. The summed E-state index contributed by atoms with van der Waals surface area (Å²) in [5.41, 5.74) is 1.12. The highest BCUT2D eigenvalue weighted by Crippen LogP contribution is 2.32. The topological polar surface area (TPSA) is 91.8 Å². The van der Waals surface area contributed by atoms with E-state index in [9.17, 15) is 9.59 Å². The minimum Gasteiger partial charge on any atom is -0.357 e. The maximum Gasteiger partial charge on any atom is 0.257 e. The zero-order valence-corrected chi connectivity index (χ0v) is 19.1. The smallest absolute Gasteiger partial charge is 0.257 e. The molecular formula is C21H28N4O3S2. The quantitative estimate of drug-likeness (QED) is 0.580. The van der Waals surface area contributed by atoms with E-state index >= 15 is 0 Å². The molecule has 0 aromatic heterocycles. The van der Waals surface area contributed by atoms with Crippen molar-refractivity contribution in [2.24, 2.45) is 10.4 Å². The summed E-state index contributed by atoms with van der Waals surface area (Å²) < 4.78 is 6.34. The van der Waals surface area contributed by atoms with Gasteiger partial charge >= 0.3 is 0 Å². The van der Waals surface area contributed by atoms with Gasteiger partial charge in [-0.25, -0.2) is 0 Å². The molecule has 0 saturated carbocycles. The van der Waals surface area contributed by atoms with Crippen molar-refractivity contribution in [1.29, 1.82) is 0 Å². The normalized spacial score (nSPS) is 23.7. The van der Waals surface area contributed by atoms with Crippen LogP contribution in [-0.2, 0) is 9.53 Å². The second-order valence-corrected chi connectivity index (χ2v) is 10.9. The number of carbonyl (C=O) groups is 2. The maximum absolute atomic E-state index is 12.5. The molecule has 3 atom stereocenters. The highest BCUT2D eigenvalue weighted by molar-refractivity contribution is 8.25. The van der Waals surface area contributed by atoms with E-state index in [1.165, 1.54) is 6.08 Å². The largest absolute Gasteiger partial charge is 0.357 e. The van der Waals surface area contributed by atoms with Gasteiger partial charge in [0, 0.05) is 23.5 Å². The summed E-state index contributed by atoms with van der Waals surface area (Å²) in [6.07, 6.45) is 1.45. The molecule has 7 nitrogen and oxygen atoms in total. The number of amidine groups is 1. The van der Waals surface area contributed by atoms with Crippen molar-refractivity contribution in [3.05, 3.63) is 42.5 Å². The minimum atomic E-state index is -0.322. The average Bonchev–Trinajstić information content (AvgIpc) is 3.35. The number of amides is 2. The van der Waals surface area contributed by atoms with Gasteiger partial charge in [-0.05, 0) is 29.7 Å². The third-order valence-corrected chi connectivity index (χ3v) is 7.26. The molecule has 0 radical (unpaired) electrons. The van der Waals surface area contributed by atoms with Crippen LogP contribution in [0.3, 0.4) is 0 Å². The molecule has 1 aromatic rings. The molecule has 2 amide bonds. The van der Waals surface area contributed by atoms with Gasteiger partial charge in [0.15, 0.2) is 5.17 Å². The van der Waals surface area contributed by atoms with Crippen molar-refractivity contribution >= 4 is 46.2 Å². The number of anilines is 1. The van der Waals surface area contributed by atoms with Gasteiger partial charge in [-0.15, -0.1) is 11.8 Å². The number of nitrogens with one attached hydrogen (secondary N) is 3. The van der Waals surface area contributed by atoms with E-state index in [2.05, 4.69) is 48.3 Å². The zero-order valence-electron chi connectivity index (χ0n) is 17.4. The summed E-state index contributed by atoms with van der Waals surface area (Å²) in [5, 5.41) is 9.55. The summed E-state index contributed by atoms with van der Waals surface area (Å²) in [5.74, 6) is 0.264. The Morgan fingerprint density at radius 2 is 2.20 bits per heavy atom. The van der Waals surface area contributed by atoms with Gasteiger partial charge in [-0.2, -0.15) is 0 Å². The van der Waals surface area contributed by atoms with Crippen LogP contribution in [0.4, 0.5) is 5.69 Å². The standard InChI is InChI=1S/C21H28N4O3S2/c1-5-16(26)24-14-8-6-7-13(9-14)19(27)25-20-23-11-18(30-20)29-12-17-22-10-15(28-17)21(2,3)4/h5-9,15,17-18,22H,1,10-12H2,2-4H3,(H,24,26)(H,23,25,27). The van der Waals surface area contributed by atoms with Crippen LogP contribution in [-0.4, -0.2) is 52.7 Å². The van der Waals surface area contributed by atoms with Crippen molar-refractivity contribution in [2.75, 3.05) is 24.2 Å². The number of hydrogen-bond acceptors (Lipinski definition) is 7. The summed E-state index contributed by atoms with van der Waals surface area (Å²) in [6, 6.07) is 6.75. The first kappa shape index (κ1) is 22.9. The van der Waals surface area contributed by atoms with Crippen LogP contribution < -0.4 is 16.0 Å². The van der Waals surface area contributed by atoms with Gasteiger partial charge in [-0.1, -0.05) is 45.2 Å². The molecule has 162 valence electrons. The Hall–Kier alpha value is -1.81. The number of benzene rings is 1.